The van der Waals surface area contributed by atoms with Crippen molar-refractivity contribution in [1.29, 1.82) is 5.26 Å². The van der Waals surface area contributed by atoms with Crippen LogP contribution in [0.4, 0.5) is 28.4 Å². The van der Waals surface area contributed by atoms with Crippen molar-refractivity contribution in [2.75, 3.05) is 11.4 Å². The van der Waals surface area contributed by atoms with E-state index < -0.39 is 23.8 Å². The number of urea groups is 2. The van der Waals surface area contributed by atoms with Crippen molar-refractivity contribution in [2.24, 2.45) is 0 Å². The Balaban J connectivity index is 1.65. The minimum atomic E-state index is -4.60. The standard InChI is InChI=1S/C29H23F3N4O2/c1-18-26(25-8-3-2-7-24(25)20-11-9-19(16-33)10-12-20)17-35(27(37)34-22-13-14-22)28(38)36(18)23-6-4-5-21(15-23)29(30,31)32/h2-12,15,22H,13-14,17H2,1H3,(H,34,37). The molecule has 1 aliphatic carbocycles. The summed E-state index contributed by atoms with van der Waals surface area (Å²) in [6.45, 7) is 1.62. The molecule has 0 radical (unpaired) electrons. The average molecular weight is 517 g/mol. The van der Waals surface area contributed by atoms with Crippen LogP contribution in [0.5, 0.6) is 0 Å². The Morgan fingerprint density at radius 3 is 2.32 bits per heavy atom. The van der Waals surface area contributed by atoms with Crippen molar-refractivity contribution < 1.29 is 22.8 Å². The number of allylic oxidation sites excluding steroid dienone is 1. The summed E-state index contributed by atoms with van der Waals surface area (Å²) in [6, 6.07) is 19.7. The van der Waals surface area contributed by atoms with Gasteiger partial charge in [-0.15, -0.1) is 0 Å². The summed E-state index contributed by atoms with van der Waals surface area (Å²) in [6.07, 6.45) is -2.97. The van der Waals surface area contributed by atoms with Gasteiger partial charge in [-0.05, 0) is 72.4 Å². The molecule has 0 spiro atoms. The zero-order chi connectivity index (χ0) is 27.0. The maximum absolute atomic E-state index is 13.6. The van der Waals surface area contributed by atoms with Crippen molar-refractivity contribution in [3.63, 3.8) is 0 Å². The Hall–Kier alpha value is -4.58. The summed E-state index contributed by atoms with van der Waals surface area (Å²) in [4.78, 5) is 28.9. The molecule has 192 valence electrons. The molecule has 3 aromatic rings. The van der Waals surface area contributed by atoms with Crippen molar-refractivity contribution in [2.45, 2.75) is 32.0 Å². The summed E-state index contributed by atoms with van der Waals surface area (Å²) in [5.41, 5.74) is 3.00. The first-order chi connectivity index (χ1) is 18.2. The zero-order valence-corrected chi connectivity index (χ0v) is 20.4. The topological polar surface area (TPSA) is 76.4 Å². The van der Waals surface area contributed by atoms with Crippen LogP contribution in [0.25, 0.3) is 16.7 Å². The number of nitriles is 1. The van der Waals surface area contributed by atoms with E-state index in [4.69, 9.17) is 5.26 Å². The molecule has 0 saturated heterocycles. The van der Waals surface area contributed by atoms with Crippen LogP contribution in [0.3, 0.4) is 0 Å². The molecule has 0 unspecified atom stereocenters. The van der Waals surface area contributed by atoms with Gasteiger partial charge in [0.1, 0.15) is 0 Å². The molecule has 0 atom stereocenters. The predicted octanol–water partition coefficient (Wildman–Crippen LogP) is 6.79. The smallest absolute Gasteiger partial charge is 0.335 e. The van der Waals surface area contributed by atoms with E-state index in [1.165, 1.54) is 12.1 Å². The number of anilines is 1. The van der Waals surface area contributed by atoms with E-state index in [0.717, 1.165) is 51.5 Å². The second-order valence-corrected chi connectivity index (χ2v) is 9.27. The lowest BCUT2D eigenvalue weighted by molar-refractivity contribution is -0.137. The Labute approximate surface area is 217 Å². The molecule has 0 aromatic heterocycles. The SMILES string of the molecule is CC1=C(c2ccccc2-c2ccc(C#N)cc2)CN(C(=O)NC2CC2)C(=O)N1c1cccc(C(F)(F)F)c1. The highest BCUT2D eigenvalue weighted by Gasteiger charge is 2.39. The molecule has 3 aromatic carbocycles. The molecular formula is C29H23F3N4O2. The normalized spacial score (nSPS) is 15.9. The lowest BCUT2D eigenvalue weighted by Crippen LogP contribution is -2.53. The summed E-state index contributed by atoms with van der Waals surface area (Å²) in [5, 5.41) is 12.0. The Bertz CT molecular complexity index is 1480. The molecule has 1 aliphatic heterocycles. The van der Waals surface area contributed by atoms with Crippen molar-refractivity contribution in [3.8, 4) is 17.2 Å². The molecule has 6 nitrogen and oxygen atoms in total. The second kappa shape index (κ2) is 9.71. The van der Waals surface area contributed by atoms with Gasteiger partial charge < -0.3 is 5.32 Å². The molecular weight excluding hydrogens is 493 g/mol. The molecule has 4 amide bonds. The number of benzene rings is 3. The monoisotopic (exact) mass is 516 g/mol. The van der Waals surface area contributed by atoms with Crippen molar-refractivity contribution in [3.05, 3.63) is 95.2 Å². The number of hydrogen-bond acceptors (Lipinski definition) is 3. The lowest BCUT2D eigenvalue weighted by Gasteiger charge is -2.37. The molecule has 1 saturated carbocycles. The first-order valence-electron chi connectivity index (χ1n) is 12.1. The van der Waals surface area contributed by atoms with Gasteiger partial charge in [-0.3, -0.25) is 4.90 Å². The molecule has 1 heterocycles. The van der Waals surface area contributed by atoms with Crippen LogP contribution < -0.4 is 10.2 Å². The third-order valence-electron chi connectivity index (χ3n) is 6.67. The Kier molecular flexibility index (Phi) is 6.41. The summed E-state index contributed by atoms with van der Waals surface area (Å²) >= 11 is 0. The average Bonchev–Trinajstić information content (AvgIpc) is 3.73. The van der Waals surface area contributed by atoms with Gasteiger partial charge in [0.15, 0.2) is 0 Å². The fourth-order valence-corrected chi connectivity index (χ4v) is 4.51. The van der Waals surface area contributed by atoms with Gasteiger partial charge in [0, 0.05) is 11.7 Å². The van der Waals surface area contributed by atoms with E-state index in [9.17, 15) is 22.8 Å². The van der Waals surface area contributed by atoms with E-state index in [0.29, 0.717) is 16.8 Å². The van der Waals surface area contributed by atoms with Crippen LogP contribution in [-0.2, 0) is 6.18 Å². The number of nitrogens with one attached hydrogen (secondary N) is 1. The van der Waals surface area contributed by atoms with E-state index in [-0.39, 0.29) is 18.3 Å². The molecule has 5 rings (SSSR count). The minimum Gasteiger partial charge on any atom is -0.335 e. The number of hydrogen-bond donors (Lipinski definition) is 1. The first kappa shape index (κ1) is 25.1. The van der Waals surface area contributed by atoms with E-state index >= 15 is 0 Å². The largest absolute Gasteiger partial charge is 0.416 e. The van der Waals surface area contributed by atoms with Crippen LogP contribution in [0.2, 0.25) is 0 Å². The third kappa shape index (κ3) is 4.85. The van der Waals surface area contributed by atoms with Gasteiger partial charge in [0.2, 0.25) is 0 Å². The molecule has 1 fully saturated rings. The number of carbonyl (C=O) groups excluding carboxylic acids is 2. The van der Waals surface area contributed by atoms with Gasteiger partial charge in [0.05, 0.1) is 29.4 Å². The number of nitrogens with zero attached hydrogens (tertiary/aromatic N) is 3. The zero-order valence-electron chi connectivity index (χ0n) is 20.4. The first-order valence-corrected chi connectivity index (χ1v) is 12.1. The maximum atomic E-state index is 13.6. The predicted molar refractivity (Wildman–Crippen MR) is 137 cm³/mol. The number of halogens is 3. The molecule has 2 aliphatic rings. The van der Waals surface area contributed by atoms with E-state index in [1.807, 2.05) is 36.4 Å². The van der Waals surface area contributed by atoms with Gasteiger partial charge in [-0.25, -0.2) is 14.5 Å². The fraction of sp³-hybridized carbons (Fsp3) is 0.207. The molecule has 1 N–H and O–H groups in total. The summed E-state index contributed by atoms with van der Waals surface area (Å²) in [5.74, 6) is 0. The fourth-order valence-electron chi connectivity index (χ4n) is 4.51. The van der Waals surface area contributed by atoms with Crippen LogP contribution >= 0.6 is 0 Å². The Morgan fingerprint density at radius 2 is 1.68 bits per heavy atom. The van der Waals surface area contributed by atoms with Crippen molar-refractivity contribution in [1.82, 2.24) is 10.2 Å². The van der Waals surface area contributed by atoms with Gasteiger partial charge in [-0.1, -0.05) is 42.5 Å². The van der Waals surface area contributed by atoms with E-state index in [1.54, 1.807) is 19.1 Å². The maximum Gasteiger partial charge on any atom is 0.416 e. The van der Waals surface area contributed by atoms with Gasteiger partial charge >= 0.3 is 18.2 Å². The van der Waals surface area contributed by atoms with Crippen LogP contribution in [0, 0.1) is 11.3 Å². The highest BCUT2D eigenvalue weighted by Crippen LogP contribution is 2.39. The van der Waals surface area contributed by atoms with Gasteiger partial charge in [0.25, 0.3) is 0 Å². The summed E-state index contributed by atoms with van der Waals surface area (Å²) in [7, 11) is 0. The highest BCUT2D eigenvalue weighted by molar-refractivity contribution is 6.09. The van der Waals surface area contributed by atoms with Crippen LogP contribution in [-0.4, -0.2) is 29.5 Å². The van der Waals surface area contributed by atoms with Crippen LogP contribution in [0.1, 0.15) is 36.5 Å². The second-order valence-electron chi connectivity index (χ2n) is 9.27. The van der Waals surface area contributed by atoms with E-state index in [2.05, 4.69) is 11.4 Å². The number of imide groups is 1. The third-order valence-corrected chi connectivity index (χ3v) is 6.67. The number of amides is 4. The Morgan fingerprint density at radius 1 is 1.00 bits per heavy atom. The quantitative estimate of drug-likeness (QED) is 0.415. The molecule has 9 heteroatoms. The van der Waals surface area contributed by atoms with Gasteiger partial charge in [-0.2, -0.15) is 18.4 Å². The molecule has 0 bridgehead atoms. The summed E-state index contributed by atoms with van der Waals surface area (Å²) < 4.78 is 40.5. The number of carbonyl (C=O) groups is 2. The number of alkyl halides is 3. The van der Waals surface area contributed by atoms with Crippen molar-refractivity contribution >= 4 is 23.3 Å². The highest BCUT2D eigenvalue weighted by atomic mass is 19.4. The molecule has 38 heavy (non-hydrogen) atoms. The lowest BCUT2D eigenvalue weighted by atomic mass is 9.91. The number of rotatable bonds is 4. The van der Waals surface area contributed by atoms with Crippen LogP contribution in [0.15, 0.2) is 78.5 Å². The minimum absolute atomic E-state index is 0.0135.